The van der Waals surface area contributed by atoms with Crippen LogP contribution < -0.4 is 15.4 Å². The first kappa shape index (κ1) is 21.3. The number of hydrogen-bond donors (Lipinski definition) is 3. The molecule has 0 aliphatic carbocycles. The van der Waals surface area contributed by atoms with E-state index in [1.54, 1.807) is 31.2 Å². The van der Waals surface area contributed by atoms with E-state index in [2.05, 4.69) is 10.6 Å². The van der Waals surface area contributed by atoms with Crippen LogP contribution >= 0.6 is 23.2 Å². The highest BCUT2D eigenvalue weighted by Gasteiger charge is 2.07. The number of carbonyl (C=O) groups is 2. The van der Waals surface area contributed by atoms with Gasteiger partial charge in [0.2, 0.25) is 0 Å². The lowest BCUT2D eigenvalue weighted by atomic mass is 10.2. The first-order valence-electron chi connectivity index (χ1n) is 8.15. The van der Waals surface area contributed by atoms with Crippen LogP contribution in [0.25, 0.3) is 0 Å². The average molecular weight is 421 g/mol. The van der Waals surface area contributed by atoms with Gasteiger partial charge in [0, 0.05) is 22.5 Å². The maximum absolute atomic E-state index is 12.2. The Balaban J connectivity index is 1.84. The number of carboxylic acids is 1. The van der Waals surface area contributed by atoms with Gasteiger partial charge in [0.05, 0.1) is 10.6 Å². The van der Waals surface area contributed by atoms with Gasteiger partial charge >= 0.3 is 5.97 Å². The molecule has 0 atom stereocenters. The summed E-state index contributed by atoms with van der Waals surface area (Å²) in [6.45, 7) is 1.80. The zero-order valence-electron chi connectivity index (χ0n) is 14.9. The molecule has 0 saturated heterocycles. The fourth-order valence-corrected chi connectivity index (χ4v) is 2.40. The fourth-order valence-electron chi connectivity index (χ4n) is 2.03. The minimum absolute atomic E-state index is 0.142. The van der Waals surface area contributed by atoms with E-state index in [-0.39, 0.29) is 18.2 Å². The number of amides is 1. The Bertz CT molecular complexity index is 891. The Morgan fingerprint density at radius 2 is 1.75 bits per heavy atom. The maximum Gasteiger partial charge on any atom is 0.335 e. The number of benzene rings is 2. The second-order valence-electron chi connectivity index (χ2n) is 5.64. The summed E-state index contributed by atoms with van der Waals surface area (Å²) < 4.78 is 5.45. The lowest BCUT2D eigenvalue weighted by Gasteiger charge is -2.07. The van der Waals surface area contributed by atoms with E-state index in [4.69, 9.17) is 33.0 Å². The van der Waals surface area contributed by atoms with Crippen molar-refractivity contribution < 1.29 is 19.4 Å². The molecule has 2 aromatic carbocycles. The quantitative estimate of drug-likeness (QED) is 0.250. The normalized spacial score (nSPS) is 11.7. The van der Waals surface area contributed by atoms with Crippen molar-refractivity contribution in [2.75, 3.05) is 12.0 Å². The van der Waals surface area contributed by atoms with Crippen LogP contribution in [0, 0.1) is 0 Å². The highest BCUT2D eigenvalue weighted by atomic mass is 35.5. The molecule has 2 rings (SSSR count). The number of hydrogen-bond acceptors (Lipinski definition) is 4. The van der Waals surface area contributed by atoms with Gasteiger partial charge in [0.25, 0.3) is 5.91 Å². The summed E-state index contributed by atoms with van der Waals surface area (Å²) in [5, 5.41) is 15.4. The predicted octanol–water partition coefficient (Wildman–Crippen LogP) is 4.63. The van der Waals surface area contributed by atoms with Crippen molar-refractivity contribution in [3.8, 4) is 5.75 Å². The van der Waals surface area contributed by atoms with Crippen LogP contribution in [0.1, 0.15) is 17.3 Å². The highest BCUT2D eigenvalue weighted by Crippen LogP contribution is 2.15. The summed E-state index contributed by atoms with van der Waals surface area (Å²) in [6, 6.07) is 12.8. The second kappa shape index (κ2) is 10.4. The van der Waals surface area contributed by atoms with Crippen molar-refractivity contribution in [1.29, 1.82) is 0 Å². The third-order valence-corrected chi connectivity index (χ3v) is 3.95. The molecule has 0 aliphatic rings. The molecule has 0 spiro atoms. The number of rotatable bonds is 8. The Morgan fingerprint density at radius 1 is 1.11 bits per heavy atom. The van der Waals surface area contributed by atoms with Gasteiger partial charge in [-0.05, 0) is 61.5 Å². The Kier molecular flexibility index (Phi) is 7.92. The SMILES string of the molecule is C/C(=C\C(Cl)=C/NCOc1ccc(Cl)cc1)C(=O)Nc1ccc(C(=O)O)cc1. The van der Waals surface area contributed by atoms with E-state index < -0.39 is 5.97 Å². The van der Waals surface area contributed by atoms with Gasteiger partial charge < -0.3 is 20.5 Å². The molecule has 0 heterocycles. The minimum Gasteiger partial charge on any atom is -0.478 e. The lowest BCUT2D eigenvalue weighted by Crippen LogP contribution is -2.14. The molecule has 0 unspecified atom stereocenters. The highest BCUT2D eigenvalue weighted by molar-refractivity contribution is 6.31. The average Bonchev–Trinajstić information content (AvgIpc) is 2.67. The number of allylic oxidation sites excluding steroid dienone is 2. The Labute approximate surface area is 172 Å². The molecule has 1 amide bonds. The van der Waals surface area contributed by atoms with Gasteiger partial charge in [0.15, 0.2) is 6.73 Å². The third-order valence-electron chi connectivity index (χ3n) is 3.48. The number of anilines is 1. The van der Waals surface area contributed by atoms with Crippen LogP contribution in [0.3, 0.4) is 0 Å². The van der Waals surface area contributed by atoms with Gasteiger partial charge in [-0.3, -0.25) is 4.79 Å². The molecular weight excluding hydrogens is 403 g/mol. The van der Waals surface area contributed by atoms with Gasteiger partial charge in [0.1, 0.15) is 5.75 Å². The summed E-state index contributed by atoms with van der Waals surface area (Å²) in [5.74, 6) is -0.730. The van der Waals surface area contributed by atoms with Crippen LogP contribution in [0.4, 0.5) is 5.69 Å². The molecular formula is C20H18Cl2N2O4. The number of nitrogens with one attached hydrogen (secondary N) is 2. The van der Waals surface area contributed by atoms with Crippen molar-refractivity contribution in [2.24, 2.45) is 0 Å². The van der Waals surface area contributed by atoms with E-state index in [9.17, 15) is 9.59 Å². The van der Waals surface area contributed by atoms with Crippen LogP contribution in [-0.4, -0.2) is 23.7 Å². The van der Waals surface area contributed by atoms with E-state index in [0.29, 0.717) is 27.1 Å². The van der Waals surface area contributed by atoms with Gasteiger partial charge in [-0.15, -0.1) is 0 Å². The summed E-state index contributed by atoms with van der Waals surface area (Å²) in [4.78, 5) is 23.0. The van der Waals surface area contributed by atoms with Crippen molar-refractivity contribution in [2.45, 2.75) is 6.92 Å². The van der Waals surface area contributed by atoms with E-state index in [1.165, 1.54) is 36.5 Å². The van der Waals surface area contributed by atoms with Crippen molar-refractivity contribution in [1.82, 2.24) is 5.32 Å². The zero-order chi connectivity index (χ0) is 20.5. The summed E-state index contributed by atoms with van der Waals surface area (Å²) >= 11 is 11.9. The number of carboxylic acid groups (broad SMARTS) is 1. The monoisotopic (exact) mass is 420 g/mol. The topological polar surface area (TPSA) is 87.7 Å². The standard InChI is InChI=1S/C20H18Cl2N2O4/c1-13(19(25)24-17-6-2-14(3-7-17)20(26)27)10-16(22)11-23-12-28-18-8-4-15(21)5-9-18/h2-11,23H,12H2,1H3,(H,24,25)(H,26,27)/b13-10+,16-11+. The predicted molar refractivity (Wildman–Crippen MR) is 110 cm³/mol. The fraction of sp³-hybridized carbons (Fsp3) is 0.100. The second-order valence-corrected chi connectivity index (χ2v) is 6.51. The molecule has 0 saturated carbocycles. The van der Waals surface area contributed by atoms with E-state index in [0.717, 1.165) is 0 Å². The molecule has 0 radical (unpaired) electrons. The van der Waals surface area contributed by atoms with Crippen LogP contribution in [0.15, 0.2) is 71.4 Å². The molecule has 6 nitrogen and oxygen atoms in total. The molecule has 2 aromatic rings. The molecule has 0 aromatic heterocycles. The first-order chi connectivity index (χ1) is 13.3. The third kappa shape index (κ3) is 6.98. The van der Waals surface area contributed by atoms with Crippen LogP contribution in [0.2, 0.25) is 5.02 Å². The molecule has 0 aliphatic heterocycles. The van der Waals surface area contributed by atoms with Crippen LogP contribution in [0.5, 0.6) is 5.75 Å². The smallest absolute Gasteiger partial charge is 0.335 e. The summed E-state index contributed by atoms with van der Waals surface area (Å²) in [7, 11) is 0. The molecule has 28 heavy (non-hydrogen) atoms. The molecule has 3 N–H and O–H groups in total. The van der Waals surface area contributed by atoms with Crippen molar-refractivity contribution in [3.05, 3.63) is 82.0 Å². The summed E-state index contributed by atoms with van der Waals surface area (Å²) in [6.07, 6.45) is 3.01. The lowest BCUT2D eigenvalue weighted by molar-refractivity contribution is -0.112. The number of aromatic carboxylic acids is 1. The van der Waals surface area contributed by atoms with E-state index >= 15 is 0 Å². The van der Waals surface area contributed by atoms with Gasteiger partial charge in [-0.2, -0.15) is 0 Å². The maximum atomic E-state index is 12.2. The largest absolute Gasteiger partial charge is 0.478 e. The Hall–Kier alpha value is -2.96. The van der Waals surface area contributed by atoms with Crippen molar-refractivity contribution >= 4 is 40.8 Å². The molecule has 8 heteroatoms. The van der Waals surface area contributed by atoms with Crippen LogP contribution in [-0.2, 0) is 4.79 Å². The molecule has 0 fully saturated rings. The van der Waals surface area contributed by atoms with E-state index in [1.807, 2.05) is 0 Å². The Morgan fingerprint density at radius 3 is 2.36 bits per heavy atom. The molecule has 0 bridgehead atoms. The number of ether oxygens (including phenoxy) is 1. The minimum atomic E-state index is -1.03. The van der Waals surface area contributed by atoms with Gasteiger partial charge in [-0.25, -0.2) is 4.79 Å². The number of halogens is 2. The zero-order valence-corrected chi connectivity index (χ0v) is 16.4. The summed E-state index contributed by atoms with van der Waals surface area (Å²) in [5.41, 5.74) is 1.00. The molecule has 146 valence electrons. The van der Waals surface area contributed by atoms with Crippen molar-refractivity contribution in [3.63, 3.8) is 0 Å². The van der Waals surface area contributed by atoms with Gasteiger partial charge in [-0.1, -0.05) is 23.2 Å². The first-order valence-corrected chi connectivity index (χ1v) is 8.91. The number of carbonyl (C=O) groups excluding carboxylic acids is 1.